The molecule has 0 saturated heterocycles. The van der Waals surface area contributed by atoms with Crippen LogP contribution in [-0.4, -0.2) is 12.3 Å². The molecule has 0 aromatic rings. The number of nitrogens with one attached hydrogen (secondary N) is 1. The third kappa shape index (κ3) is 1.78. The molecule has 0 aliphatic heterocycles. The Morgan fingerprint density at radius 3 is 3.00 bits per heavy atom. The second kappa shape index (κ2) is 1.99. The molecule has 1 N–H and O–H groups in total. The van der Waals surface area contributed by atoms with Crippen molar-refractivity contribution in [1.29, 1.82) is 0 Å². The van der Waals surface area contributed by atoms with Gasteiger partial charge in [-0.25, -0.2) is 0 Å². The van der Waals surface area contributed by atoms with Crippen LogP contribution in [0.1, 0.15) is 13.3 Å². The number of Topliss-reactive ketones (excluding diaryl/α,β-unsaturated/α-hetero) is 1. The third-order valence-corrected chi connectivity index (χ3v) is 0.973. The molecule has 0 radical (unpaired) electrons. The lowest BCUT2D eigenvalue weighted by Gasteiger charge is -1.93. The molecule has 2 nitrogen and oxygen atoms in total. The van der Waals surface area contributed by atoms with Crippen molar-refractivity contribution in [2.45, 2.75) is 13.3 Å². The number of hydrogen-bond donors (Lipinski definition) is 1. The van der Waals surface area contributed by atoms with E-state index < -0.39 is 0 Å². The molecule has 0 amide bonds. The lowest BCUT2D eigenvalue weighted by molar-refractivity contribution is -0.116. The Bertz CT molecular complexity index is 135. The van der Waals surface area contributed by atoms with E-state index >= 15 is 0 Å². The van der Waals surface area contributed by atoms with Crippen molar-refractivity contribution in [3.63, 3.8) is 0 Å². The fraction of sp³-hybridized carbons (Fsp3) is 0.500. The molecule has 0 heterocycles. The second-order valence-electron chi connectivity index (χ2n) is 1.99. The average Bonchev–Trinajstić information content (AvgIpc) is 2.41. The van der Waals surface area contributed by atoms with Crippen molar-refractivity contribution in [1.82, 2.24) is 5.32 Å². The predicted octanol–water partition coefficient (Wildman–Crippen LogP) is 0.453. The van der Waals surface area contributed by atoms with Gasteiger partial charge in [-0.1, -0.05) is 6.08 Å². The quantitative estimate of drug-likeness (QED) is 0.573. The van der Waals surface area contributed by atoms with Gasteiger partial charge in [-0.15, -0.1) is 0 Å². The van der Waals surface area contributed by atoms with E-state index in [9.17, 15) is 4.79 Å². The molecule has 1 aliphatic rings. The van der Waals surface area contributed by atoms with Gasteiger partial charge in [-0.05, 0) is 6.92 Å². The molecule has 8 heavy (non-hydrogen) atoms. The van der Waals surface area contributed by atoms with Gasteiger partial charge in [0.1, 0.15) is 5.78 Å². The maximum absolute atomic E-state index is 10.3. The van der Waals surface area contributed by atoms with Gasteiger partial charge in [-0.3, -0.25) is 4.79 Å². The fourth-order valence-corrected chi connectivity index (χ4v) is 0.433. The van der Waals surface area contributed by atoms with Crippen molar-refractivity contribution in [2.24, 2.45) is 0 Å². The summed E-state index contributed by atoms with van der Waals surface area (Å²) < 4.78 is 0. The molecule has 44 valence electrons. The minimum absolute atomic E-state index is 0.192. The van der Waals surface area contributed by atoms with Gasteiger partial charge >= 0.3 is 0 Å². The van der Waals surface area contributed by atoms with Crippen LogP contribution in [0.3, 0.4) is 0 Å². The monoisotopic (exact) mass is 111 g/mol. The Labute approximate surface area is 48.6 Å². The van der Waals surface area contributed by atoms with Crippen LogP contribution in [0.2, 0.25) is 0 Å². The van der Waals surface area contributed by atoms with Gasteiger partial charge in [-0.2, -0.15) is 0 Å². The average molecular weight is 111 g/mol. The summed E-state index contributed by atoms with van der Waals surface area (Å²) >= 11 is 0. The number of allylic oxidation sites excluding steroid dienone is 2. The largest absolute Gasteiger partial charge is 0.381 e. The normalized spacial score (nSPS) is 14.9. The van der Waals surface area contributed by atoms with Gasteiger partial charge in [0.2, 0.25) is 0 Å². The van der Waals surface area contributed by atoms with Crippen molar-refractivity contribution in [3.8, 4) is 0 Å². The highest BCUT2D eigenvalue weighted by atomic mass is 16.1. The van der Waals surface area contributed by atoms with E-state index in [-0.39, 0.29) is 5.78 Å². The Hall–Kier alpha value is -0.790. The van der Waals surface area contributed by atoms with E-state index in [1.165, 1.54) is 5.70 Å². The van der Waals surface area contributed by atoms with E-state index in [0.29, 0.717) is 6.54 Å². The number of rotatable bonds is 3. The molecule has 0 aromatic carbocycles. The Balaban J connectivity index is 2.04. The van der Waals surface area contributed by atoms with Gasteiger partial charge in [0, 0.05) is 12.1 Å². The van der Waals surface area contributed by atoms with Crippen molar-refractivity contribution in [3.05, 3.63) is 11.8 Å². The minimum Gasteiger partial charge on any atom is -0.381 e. The van der Waals surface area contributed by atoms with Crippen LogP contribution in [0.5, 0.6) is 0 Å². The summed E-state index contributed by atoms with van der Waals surface area (Å²) in [7, 11) is 0. The van der Waals surface area contributed by atoms with Crippen molar-refractivity contribution >= 4 is 5.78 Å². The smallest absolute Gasteiger partial charge is 0.148 e. The zero-order chi connectivity index (χ0) is 5.98. The van der Waals surface area contributed by atoms with Crippen LogP contribution in [-0.2, 0) is 4.79 Å². The lowest BCUT2D eigenvalue weighted by atomic mass is 10.4. The summed E-state index contributed by atoms with van der Waals surface area (Å²) in [4.78, 5) is 10.3. The molecule has 0 fully saturated rings. The van der Waals surface area contributed by atoms with E-state index in [4.69, 9.17) is 0 Å². The zero-order valence-corrected chi connectivity index (χ0v) is 4.90. The SMILES string of the molecule is CC(=O)CNC1=CC1. The zero-order valence-electron chi connectivity index (χ0n) is 4.90. The summed E-state index contributed by atoms with van der Waals surface area (Å²) in [6.45, 7) is 2.07. The summed E-state index contributed by atoms with van der Waals surface area (Å²) in [5.41, 5.74) is 1.21. The molecule has 2 heteroatoms. The number of hydrogen-bond acceptors (Lipinski definition) is 2. The number of ketones is 1. The van der Waals surface area contributed by atoms with E-state index in [2.05, 4.69) is 11.4 Å². The first-order valence-electron chi connectivity index (χ1n) is 2.71. The van der Waals surface area contributed by atoms with Crippen molar-refractivity contribution < 1.29 is 4.79 Å². The van der Waals surface area contributed by atoms with E-state index in [1.807, 2.05) is 0 Å². The van der Waals surface area contributed by atoms with Crippen LogP contribution < -0.4 is 5.32 Å². The summed E-state index contributed by atoms with van der Waals surface area (Å²) in [5, 5.41) is 2.97. The first kappa shape index (κ1) is 5.35. The highest BCUT2D eigenvalue weighted by Gasteiger charge is 2.05. The molecule has 0 atom stereocenters. The first-order chi connectivity index (χ1) is 3.79. The predicted molar refractivity (Wildman–Crippen MR) is 31.4 cm³/mol. The Morgan fingerprint density at radius 1 is 2.00 bits per heavy atom. The van der Waals surface area contributed by atoms with Gasteiger partial charge in [0.25, 0.3) is 0 Å². The third-order valence-electron chi connectivity index (χ3n) is 0.973. The molecule has 0 bridgehead atoms. The molecule has 0 saturated carbocycles. The highest BCUT2D eigenvalue weighted by Crippen LogP contribution is 2.12. The summed E-state index contributed by atoms with van der Waals surface area (Å²) in [5.74, 6) is 0.192. The number of carbonyl (C=O) groups excluding carboxylic acids is 1. The van der Waals surface area contributed by atoms with Crippen LogP contribution >= 0.6 is 0 Å². The first-order valence-corrected chi connectivity index (χ1v) is 2.71. The maximum atomic E-state index is 10.3. The molecular weight excluding hydrogens is 102 g/mol. The number of carbonyl (C=O) groups is 1. The summed E-state index contributed by atoms with van der Waals surface area (Å²) in [6.07, 6.45) is 3.11. The molecule has 0 unspecified atom stereocenters. The van der Waals surface area contributed by atoms with Crippen LogP contribution in [0, 0.1) is 0 Å². The standard InChI is InChI=1S/C6H9NO/c1-5(8)4-7-6-2-3-6/h2,7H,3-4H2,1H3. The van der Waals surface area contributed by atoms with Crippen LogP contribution in [0.25, 0.3) is 0 Å². The summed E-state index contributed by atoms with van der Waals surface area (Å²) in [6, 6.07) is 0. The van der Waals surface area contributed by atoms with E-state index in [0.717, 1.165) is 6.42 Å². The Morgan fingerprint density at radius 2 is 2.62 bits per heavy atom. The highest BCUT2D eigenvalue weighted by molar-refractivity contribution is 5.77. The topological polar surface area (TPSA) is 29.1 Å². The molecule has 1 aliphatic carbocycles. The molecule has 0 spiro atoms. The maximum Gasteiger partial charge on any atom is 0.148 e. The Kier molecular flexibility index (Phi) is 1.33. The molecule has 1 rings (SSSR count). The van der Waals surface area contributed by atoms with E-state index in [1.54, 1.807) is 6.92 Å². The lowest BCUT2D eigenvalue weighted by Crippen LogP contribution is -2.15. The molecular formula is C6H9NO. The second-order valence-corrected chi connectivity index (χ2v) is 1.99. The van der Waals surface area contributed by atoms with Gasteiger partial charge in [0.15, 0.2) is 0 Å². The van der Waals surface area contributed by atoms with Gasteiger partial charge in [0.05, 0.1) is 6.54 Å². The van der Waals surface area contributed by atoms with Crippen molar-refractivity contribution in [2.75, 3.05) is 6.54 Å². The van der Waals surface area contributed by atoms with Crippen LogP contribution in [0.15, 0.2) is 11.8 Å². The minimum atomic E-state index is 0.192. The van der Waals surface area contributed by atoms with Gasteiger partial charge < -0.3 is 5.32 Å². The van der Waals surface area contributed by atoms with Crippen LogP contribution in [0.4, 0.5) is 0 Å². The molecule has 0 aromatic heterocycles. The fourth-order valence-electron chi connectivity index (χ4n) is 0.433.